The Morgan fingerprint density at radius 2 is 2.20 bits per heavy atom. The summed E-state index contributed by atoms with van der Waals surface area (Å²) < 4.78 is 5.02. The summed E-state index contributed by atoms with van der Waals surface area (Å²) in [6.07, 6.45) is 0.934. The van der Waals surface area contributed by atoms with Crippen LogP contribution in [0.15, 0.2) is 0 Å². The van der Waals surface area contributed by atoms with Crippen LogP contribution in [-0.4, -0.2) is 24.3 Å². The molecule has 0 aromatic heterocycles. The largest absolute Gasteiger partial charge is 0.466 e. The number of hydrogen-bond acceptors (Lipinski definition) is 3. The lowest BCUT2D eigenvalue weighted by Gasteiger charge is -2.53. The minimum Gasteiger partial charge on any atom is -0.466 e. The molecule has 88 valence electrons. The molecule has 0 radical (unpaired) electrons. The van der Waals surface area contributed by atoms with Crippen LogP contribution in [0.25, 0.3) is 0 Å². The van der Waals surface area contributed by atoms with Crippen molar-refractivity contribution in [2.45, 2.75) is 34.1 Å². The van der Waals surface area contributed by atoms with Crippen LogP contribution >= 0.6 is 0 Å². The third-order valence-corrected chi connectivity index (χ3v) is 4.03. The van der Waals surface area contributed by atoms with Crippen LogP contribution in [0.4, 0.5) is 0 Å². The summed E-state index contributed by atoms with van der Waals surface area (Å²) in [6.45, 7) is 8.67. The lowest BCUT2D eigenvalue weighted by atomic mass is 9.51. The zero-order valence-electron chi connectivity index (χ0n) is 10.1. The zero-order valence-corrected chi connectivity index (χ0v) is 10.1. The Kier molecular flexibility index (Phi) is 3.77. The molecule has 3 unspecified atom stereocenters. The van der Waals surface area contributed by atoms with Crippen molar-refractivity contribution < 1.29 is 14.6 Å². The van der Waals surface area contributed by atoms with Gasteiger partial charge in [0.05, 0.1) is 12.5 Å². The number of ether oxygens (including phenoxy) is 1. The maximum atomic E-state index is 11.6. The molecule has 1 saturated carbocycles. The predicted molar refractivity (Wildman–Crippen MR) is 58.3 cm³/mol. The van der Waals surface area contributed by atoms with E-state index in [-0.39, 0.29) is 23.9 Å². The van der Waals surface area contributed by atoms with E-state index in [4.69, 9.17) is 9.84 Å². The number of esters is 1. The molecule has 3 atom stereocenters. The molecule has 0 spiro atoms. The smallest absolute Gasteiger partial charge is 0.308 e. The summed E-state index contributed by atoms with van der Waals surface area (Å²) >= 11 is 0. The molecule has 0 saturated heterocycles. The Morgan fingerprint density at radius 1 is 1.60 bits per heavy atom. The Balaban J connectivity index is 2.56. The summed E-state index contributed by atoms with van der Waals surface area (Å²) in [5, 5.41) is 9.15. The molecule has 1 aliphatic rings. The summed E-state index contributed by atoms with van der Waals surface area (Å²) in [5.74, 6) is 0.516. The maximum Gasteiger partial charge on any atom is 0.308 e. The number of rotatable bonds is 4. The first-order valence-corrected chi connectivity index (χ1v) is 5.72. The fourth-order valence-corrected chi connectivity index (χ4v) is 2.65. The standard InChI is InChI=1S/C12H22O3/c1-5-15-11(14)8(2)10-6-9(7-13)12(10,3)4/h8-10,13H,5-7H2,1-4H3. The normalized spacial score (nSPS) is 30.5. The minimum absolute atomic E-state index is 0.0530. The number of carbonyl (C=O) groups is 1. The maximum absolute atomic E-state index is 11.6. The van der Waals surface area contributed by atoms with Crippen molar-refractivity contribution in [1.82, 2.24) is 0 Å². The lowest BCUT2D eigenvalue weighted by molar-refractivity contribution is -0.160. The van der Waals surface area contributed by atoms with Crippen LogP contribution in [0, 0.1) is 23.2 Å². The second-order valence-corrected chi connectivity index (χ2v) is 5.08. The molecule has 15 heavy (non-hydrogen) atoms. The first-order chi connectivity index (χ1) is 6.95. The van der Waals surface area contributed by atoms with Gasteiger partial charge in [0.15, 0.2) is 0 Å². The molecule has 0 heterocycles. The highest BCUT2D eigenvalue weighted by atomic mass is 16.5. The molecule has 0 amide bonds. The number of hydrogen-bond donors (Lipinski definition) is 1. The van der Waals surface area contributed by atoms with Crippen molar-refractivity contribution in [3.8, 4) is 0 Å². The highest BCUT2D eigenvalue weighted by molar-refractivity contribution is 5.72. The van der Waals surface area contributed by atoms with Gasteiger partial charge in [-0.2, -0.15) is 0 Å². The van der Waals surface area contributed by atoms with Gasteiger partial charge in [-0.25, -0.2) is 0 Å². The Labute approximate surface area is 91.8 Å². The van der Waals surface area contributed by atoms with Crippen molar-refractivity contribution in [2.75, 3.05) is 13.2 Å². The average molecular weight is 214 g/mol. The average Bonchev–Trinajstić information content (AvgIpc) is 2.17. The summed E-state index contributed by atoms with van der Waals surface area (Å²) in [7, 11) is 0. The van der Waals surface area contributed by atoms with Gasteiger partial charge in [0.25, 0.3) is 0 Å². The second-order valence-electron chi connectivity index (χ2n) is 5.08. The van der Waals surface area contributed by atoms with Gasteiger partial charge in [0.1, 0.15) is 0 Å². The molecule has 3 nitrogen and oxygen atoms in total. The van der Waals surface area contributed by atoms with Gasteiger partial charge < -0.3 is 9.84 Å². The van der Waals surface area contributed by atoms with Gasteiger partial charge in [-0.3, -0.25) is 4.79 Å². The van der Waals surface area contributed by atoms with Gasteiger partial charge in [0.2, 0.25) is 0 Å². The summed E-state index contributed by atoms with van der Waals surface area (Å²) in [5.41, 5.74) is 0.0565. The third kappa shape index (κ3) is 2.17. The van der Waals surface area contributed by atoms with Crippen LogP contribution in [0.2, 0.25) is 0 Å². The van der Waals surface area contributed by atoms with Gasteiger partial charge >= 0.3 is 5.97 Å². The van der Waals surface area contributed by atoms with Crippen molar-refractivity contribution in [2.24, 2.45) is 23.2 Å². The topological polar surface area (TPSA) is 46.5 Å². The van der Waals surface area contributed by atoms with Crippen LogP contribution in [0.1, 0.15) is 34.1 Å². The number of carbonyl (C=O) groups excluding carboxylic acids is 1. The molecule has 1 fully saturated rings. The van der Waals surface area contributed by atoms with Crippen LogP contribution < -0.4 is 0 Å². The lowest BCUT2D eigenvalue weighted by Crippen LogP contribution is -2.51. The van der Waals surface area contributed by atoms with E-state index in [0.29, 0.717) is 18.4 Å². The summed E-state index contributed by atoms with van der Waals surface area (Å²) in [4.78, 5) is 11.6. The van der Waals surface area contributed by atoms with Gasteiger partial charge in [-0.05, 0) is 30.6 Å². The molecule has 1 N–H and O–H groups in total. The molecule has 1 aliphatic carbocycles. The fraction of sp³-hybridized carbons (Fsp3) is 0.917. The van der Waals surface area contributed by atoms with Crippen LogP contribution in [0.3, 0.4) is 0 Å². The molecule has 1 rings (SSSR count). The molecule has 0 aromatic rings. The SMILES string of the molecule is CCOC(=O)C(C)C1CC(CO)C1(C)C. The molecule has 0 aromatic carbocycles. The van der Waals surface area contributed by atoms with Crippen molar-refractivity contribution in [1.29, 1.82) is 0 Å². The summed E-state index contributed by atoms with van der Waals surface area (Å²) in [6, 6.07) is 0. The quantitative estimate of drug-likeness (QED) is 0.726. The monoisotopic (exact) mass is 214 g/mol. The van der Waals surface area contributed by atoms with Gasteiger partial charge in [-0.15, -0.1) is 0 Å². The minimum atomic E-state index is -0.105. The van der Waals surface area contributed by atoms with Gasteiger partial charge in [-0.1, -0.05) is 20.8 Å². The van der Waals surface area contributed by atoms with Crippen molar-refractivity contribution in [3.63, 3.8) is 0 Å². The molecule has 0 bridgehead atoms. The Hall–Kier alpha value is -0.570. The molecular weight excluding hydrogens is 192 g/mol. The van der Waals surface area contributed by atoms with E-state index in [1.165, 1.54) is 0 Å². The number of aliphatic hydroxyl groups excluding tert-OH is 1. The highest BCUT2D eigenvalue weighted by Crippen LogP contribution is 2.54. The second kappa shape index (κ2) is 4.52. The zero-order chi connectivity index (χ0) is 11.6. The number of aliphatic hydroxyl groups is 1. The molecular formula is C12H22O3. The van der Waals surface area contributed by atoms with E-state index < -0.39 is 0 Å². The van der Waals surface area contributed by atoms with E-state index in [1.54, 1.807) is 0 Å². The van der Waals surface area contributed by atoms with E-state index in [9.17, 15) is 4.79 Å². The van der Waals surface area contributed by atoms with E-state index in [0.717, 1.165) is 6.42 Å². The predicted octanol–water partition coefficient (Wildman–Crippen LogP) is 1.84. The third-order valence-electron chi connectivity index (χ3n) is 4.03. The van der Waals surface area contributed by atoms with Crippen molar-refractivity contribution >= 4 is 5.97 Å². The molecule has 0 aliphatic heterocycles. The van der Waals surface area contributed by atoms with E-state index >= 15 is 0 Å². The Bertz CT molecular complexity index is 235. The first-order valence-electron chi connectivity index (χ1n) is 5.72. The molecule has 3 heteroatoms. The van der Waals surface area contributed by atoms with Crippen molar-refractivity contribution in [3.05, 3.63) is 0 Å². The highest BCUT2D eigenvalue weighted by Gasteiger charge is 2.51. The Morgan fingerprint density at radius 3 is 2.60 bits per heavy atom. The van der Waals surface area contributed by atoms with Gasteiger partial charge in [0, 0.05) is 6.61 Å². The first kappa shape index (κ1) is 12.5. The van der Waals surface area contributed by atoms with Crippen LogP contribution in [0.5, 0.6) is 0 Å². The van der Waals surface area contributed by atoms with E-state index in [1.807, 2.05) is 13.8 Å². The van der Waals surface area contributed by atoms with E-state index in [2.05, 4.69) is 13.8 Å². The van der Waals surface area contributed by atoms with Crippen LogP contribution in [-0.2, 0) is 9.53 Å². The fourth-order valence-electron chi connectivity index (χ4n) is 2.65.